The summed E-state index contributed by atoms with van der Waals surface area (Å²) in [7, 11) is 3.57. The van der Waals surface area contributed by atoms with Gasteiger partial charge in [0.05, 0.1) is 19.4 Å². The number of ether oxygens (including phenoxy) is 1. The number of thioether (sulfide) groups is 1. The van der Waals surface area contributed by atoms with Gasteiger partial charge in [-0.15, -0.1) is 10.2 Å². The van der Waals surface area contributed by atoms with Gasteiger partial charge in [0.2, 0.25) is 0 Å². The van der Waals surface area contributed by atoms with Crippen molar-refractivity contribution in [2.45, 2.75) is 23.4 Å². The second-order valence-corrected chi connectivity index (χ2v) is 8.17. The molecule has 2 aromatic heterocycles. The quantitative estimate of drug-likeness (QED) is 0.382. The zero-order valence-electron chi connectivity index (χ0n) is 17.9. The average molecular weight is 449 g/mol. The van der Waals surface area contributed by atoms with E-state index in [-0.39, 0.29) is 17.7 Å². The Morgan fingerprint density at radius 1 is 1.06 bits per heavy atom. The summed E-state index contributed by atoms with van der Waals surface area (Å²) in [5, 5.41) is 12.6. The van der Waals surface area contributed by atoms with Crippen molar-refractivity contribution in [3.8, 4) is 5.75 Å². The molecule has 0 spiro atoms. The first kappa shape index (κ1) is 21.7. The van der Waals surface area contributed by atoms with Gasteiger partial charge in [-0.1, -0.05) is 54.2 Å². The fraction of sp³-hybridized carbons (Fsp3) is 0.208. The molecule has 7 nitrogen and oxygen atoms in total. The third-order valence-electron chi connectivity index (χ3n) is 5.04. The third-order valence-corrected chi connectivity index (χ3v) is 6.13. The van der Waals surface area contributed by atoms with Gasteiger partial charge in [0.25, 0.3) is 5.91 Å². The first-order chi connectivity index (χ1) is 15.6. The van der Waals surface area contributed by atoms with E-state index in [9.17, 15) is 4.79 Å². The van der Waals surface area contributed by atoms with Crippen molar-refractivity contribution in [1.29, 1.82) is 0 Å². The molecule has 0 fully saturated rings. The number of benzene rings is 2. The van der Waals surface area contributed by atoms with Crippen LogP contribution < -0.4 is 10.1 Å². The van der Waals surface area contributed by atoms with Crippen LogP contribution in [-0.4, -0.2) is 27.8 Å². The predicted molar refractivity (Wildman–Crippen MR) is 123 cm³/mol. The molecular formula is C24H24N4O3S. The Hall–Kier alpha value is -3.52. The van der Waals surface area contributed by atoms with E-state index in [1.54, 1.807) is 31.0 Å². The zero-order chi connectivity index (χ0) is 22.3. The molecule has 2 aromatic carbocycles. The highest BCUT2D eigenvalue weighted by molar-refractivity contribution is 7.98. The molecule has 32 heavy (non-hydrogen) atoms. The van der Waals surface area contributed by atoms with Crippen LogP contribution in [0.1, 0.15) is 33.5 Å². The maximum Gasteiger partial charge on any atom is 0.287 e. The molecule has 0 aliphatic heterocycles. The highest BCUT2D eigenvalue weighted by Crippen LogP contribution is 2.25. The lowest BCUT2D eigenvalue weighted by Crippen LogP contribution is -2.31. The standard InChI is InChI=1S/C24H24N4O3S/c1-28-22(26-27-24(28)32-16-18-10-12-19(30-2)13-11-18)20(15-17-7-4-3-5-8-17)25-23(29)21-9-6-14-31-21/h3-14,20H,15-16H2,1-2H3,(H,25,29)/t20-/m0/s1. The summed E-state index contributed by atoms with van der Waals surface area (Å²) in [6.45, 7) is 0. The molecule has 1 atom stereocenters. The normalized spacial score (nSPS) is 11.8. The second-order valence-electron chi connectivity index (χ2n) is 7.23. The predicted octanol–water partition coefficient (Wildman–Crippen LogP) is 4.42. The minimum Gasteiger partial charge on any atom is -0.497 e. The van der Waals surface area contributed by atoms with Crippen LogP contribution >= 0.6 is 11.8 Å². The van der Waals surface area contributed by atoms with Crippen molar-refractivity contribution in [1.82, 2.24) is 20.1 Å². The van der Waals surface area contributed by atoms with E-state index < -0.39 is 0 Å². The molecule has 8 heteroatoms. The Morgan fingerprint density at radius 3 is 2.53 bits per heavy atom. The Kier molecular flexibility index (Phi) is 6.91. The van der Waals surface area contributed by atoms with Gasteiger partial charge in [-0.05, 0) is 41.8 Å². The summed E-state index contributed by atoms with van der Waals surface area (Å²) in [6, 6.07) is 20.9. The Bertz CT molecular complexity index is 1140. The van der Waals surface area contributed by atoms with Gasteiger partial charge in [0.15, 0.2) is 16.7 Å². The summed E-state index contributed by atoms with van der Waals surface area (Å²) < 4.78 is 12.4. The van der Waals surface area contributed by atoms with Crippen molar-refractivity contribution in [2.24, 2.45) is 7.05 Å². The van der Waals surface area contributed by atoms with E-state index in [0.717, 1.165) is 27.8 Å². The molecule has 4 aromatic rings. The van der Waals surface area contributed by atoms with Crippen LogP contribution in [0.5, 0.6) is 5.75 Å². The number of nitrogens with one attached hydrogen (secondary N) is 1. The minimum absolute atomic E-state index is 0.263. The topological polar surface area (TPSA) is 82.2 Å². The molecule has 0 saturated heterocycles. The van der Waals surface area contributed by atoms with Gasteiger partial charge in [-0.3, -0.25) is 4.79 Å². The van der Waals surface area contributed by atoms with Gasteiger partial charge < -0.3 is 19.0 Å². The number of amides is 1. The number of furan rings is 1. The van der Waals surface area contributed by atoms with Crippen molar-refractivity contribution in [3.05, 3.63) is 95.7 Å². The van der Waals surface area contributed by atoms with Crippen LogP contribution in [0.15, 0.2) is 82.6 Å². The molecule has 0 unspecified atom stereocenters. The Balaban J connectivity index is 1.52. The molecular weight excluding hydrogens is 424 g/mol. The summed E-state index contributed by atoms with van der Waals surface area (Å²) in [6.07, 6.45) is 2.07. The zero-order valence-corrected chi connectivity index (χ0v) is 18.7. The van der Waals surface area contributed by atoms with Crippen LogP contribution in [0.25, 0.3) is 0 Å². The number of hydrogen-bond donors (Lipinski definition) is 1. The lowest BCUT2D eigenvalue weighted by atomic mass is 10.1. The van der Waals surface area contributed by atoms with Gasteiger partial charge in [0.1, 0.15) is 5.75 Å². The van der Waals surface area contributed by atoms with Gasteiger partial charge >= 0.3 is 0 Å². The van der Waals surface area contributed by atoms with Crippen LogP contribution in [0.3, 0.4) is 0 Å². The number of carbonyl (C=O) groups is 1. The van der Waals surface area contributed by atoms with Crippen LogP contribution in [0, 0.1) is 0 Å². The van der Waals surface area contributed by atoms with Crippen LogP contribution in [0.4, 0.5) is 0 Å². The SMILES string of the molecule is COc1ccc(CSc2nnc([C@H](Cc3ccccc3)NC(=O)c3ccco3)n2C)cc1. The highest BCUT2D eigenvalue weighted by Gasteiger charge is 2.23. The first-order valence-corrected chi connectivity index (χ1v) is 11.2. The van der Waals surface area contributed by atoms with Crippen molar-refractivity contribution in [3.63, 3.8) is 0 Å². The largest absolute Gasteiger partial charge is 0.497 e. The number of rotatable bonds is 9. The number of carbonyl (C=O) groups excluding carboxylic acids is 1. The number of methoxy groups -OCH3 is 1. The van der Waals surface area contributed by atoms with E-state index in [2.05, 4.69) is 15.5 Å². The Labute approximate surface area is 190 Å². The molecule has 0 radical (unpaired) electrons. The molecule has 0 aliphatic rings. The summed E-state index contributed by atoms with van der Waals surface area (Å²) in [5.41, 5.74) is 2.25. The maximum absolute atomic E-state index is 12.7. The van der Waals surface area contributed by atoms with Crippen LogP contribution in [0.2, 0.25) is 0 Å². The van der Waals surface area contributed by atoms with E-state index in [1.807, 2.05) is 66.2 Å². The summed E-state index contributed by atoms with van der Waals surface area (Å²) in [4.78, 5) is 12.7. The van der Waals surface area contributed by atoms with E-state index in [0.29, 0.717) is 12.2 Å². The number of hydrogen-bond acceptors (Lipinski definition) is 6. The van der Waals surface area contributed by atoms with Gasteiger partial charge in [-0.2, -0.15) is 0 Å². The summed E-state index contributed by atoms with van der Waals surface area (Å²) in [5.74, 6) is 2.24. The van der Waals surface area contributed by atoms with Crippen molar-refractivity contribution < 1.29 is 13.9 Å². The lowest BCUT2D eigenvalue weighted by Gasteiger charge is -2.18. The van der Waals surface area contributed by atoms with E-state index in [1.165, 1.54) is 6.26 Å². The molecule has 1 amide bonds. The van der Waals surface area contributed by atoms with Crippen molar-refractivity contribution >= 4 is 17.7 Å². The highest BCUT2D eigenvalue weighted by atomic mass is 32.2. The van der Waals surface area contributed by atoms with E-state index >= 15 is 0 Å². The molecule has 164 valence electrons. The molecule has 0 saturated carbocycles. The maximum atomic E-state index is 12.7. The fourth-order valence-corrected chi connectivity index (χ4v) is 4.19. The lowest BCUT2D eigenvalue weighted by molar-refractivity contribution is 0.0906. The first-order valence-electron chi connectivity index (χ1n) is 10.2. The van der Waals surface area contributed by atoms with E-state index in [4.69, 9.17) is 9.15 Å². The summed E-state index contributed by atoms with van der Waals surface area (Å²) >= 11 is 1.59. The molecule has 0 aliphatic carbocycles. The second kappa shape index (κ2) is 10.2. The molecule has 0 bridgehead atoms. The average Bonchev–Trinajstić information content (AvgIpc) is 3.49. The monoisotopic (exact) mass is 448 g/mol. The van der Waals surface area contributed by atoms with Gasteiger partial charge in [0, 0.05) is 12.8 Å². The fourth-order valence-electron chi connectivity index (χ4n) is 3.32. The number of aromatic nitrogens is 3. The van der Waals surface area contributed by atoms with Crippen LogP contribution in [-0.2, 0) is 19.2 Å². The molecule has 2 heterocycles. The Morgan fingerprint density at radius 2 is 1.84 bits per heavy atom. The molecule has 1 N–H and O–H groups in total. The molecule has 4 rings (SSSR count). The van der Waals surface area contributed by atoms with Crippen molar-refractivity contribution in [2.75, 3.05) is 7.11 Å². The minimum atomic E-state index is -0.358. The third kappa shape index (κ3) is 5.20. The number of nitrogens with zero attached hydrogens (tertiary/aromatic N) is 3. The van der Waals surface area contributed by atoms with Gasteiger partial charge in [-0.25, -0.2) is 0 Å². The smallest absolute Gasteiger partial charge is 0.287 e.